The molecule has 1 aromatic carbocycles. The number of nitrogens with one attached hydrogen (secondary N) is 1. The van der Waals surface area contributed by atoms with Gasteiger partial charge < -0.3 is 5.32 Å². The number of benzene rings is 1. The summed E-state index contributed by atoms with van der Waals surface area (Å²) in [5.41, 5.74) is 3.94. The quantitative estimate of drug-likeness (QED) is 0.839. The van der Waals surface area contributed by atoms with Gasteiger partial charge in [0.05, 0.1) is 17.6 Å². The topological polar surface area (TPSA) is 42.0 Å². The zero-order valence-electron chi connectivity index (χ0n) is 9.01. The van der Waals surface area contributed by atoms with E-state index < -0.39 is 0 Å². The highest BCUT2D eigenvalue weighted by atomic mass is 32.1. The van der Waals surface area contributed by atoms with Gasteiger partial charge in [-0.25, -0.2) is 4.98 Å². The molecule has 0 spiro atoms. The summed E-state index contributed by atoms with van der Waals surface area (Å²) in [6.07, 6.45) is 5.57. The molecule has 0 aliphatic carbocycles. The molecule has 0 unspecified atom stereocenters. The number of carbonyl (C=O) groups excluding carboxylic acids is 1. The van der Waals surface area contributed by atoms with Gasteiger partial charge in [0.15, 0.2) is 0 Å². The second-order valence-corrected chi connectivity index (χ2v) is 4.15. The average molecular weight is 242 g/mol. The summed E-state index contributed by atoms with van der Waals surface area (Å²) in [6.45, 7) is 0. The minimum absolute atomic E-state index is 0.0925. The lowest BCUT2D eigenvalue weighted by Gasteiger charge is -2.04. The van der Waals surface area contributed by atoms with Gasteiger partial charge in [-0.1, -0.05) is 12.0 Å². The summed E-state index contributed by atoms with van der Waals surface area (Å²) in [4.78, 5) is 15.7. The number of carbonyl (C=O) groups is 1. The van der Waals surface area contributed by atoms with Crippen molar-refractivity contribution in [1.82, 2.24) is 4.98 Å². The molecule has 0 aliphatic heterocycles. The lowest BCUT2D eigenvalue weighted by molar-refractivity contribution is -0.115. The molecular formula is C13H10N2OS. The summed E-state index contributed by atoms with van der Waals surface area (Å²) >= 11 is 1.48. The fraction of sp³-hybridized carbons (Fsp3) is 0.0769. The predicted octanol–water partition coefficient (Wildman–Crippen LogP) is 2.31. The number of hydrogen-bond donors (Lipinski definition) is 1. The molecule has 3 nitrogen and oxygen atoms in total. The standard InChI is InChI=1S/C13H10N2OS/c1-2-10-4-3-5-11(6-10)15-13(16)7-12-8-17-9-14-12/h1,3-6,8-9H,7H2,(H,15,16). The molecular weight excluding hydrogens is 232 g/mol. The van der Waals surface area contributed by atoms with E-state index in [-0.39, 0.29) is 12.3 Å². The van der Waals surface area contributed by atoms with E-state index in [1.165, 1.54) is 11.3 Å². The SMILES string of the molecule is C#Cc1cccc(NC(=O)Cc2cscn2)c1. The Labute approximate surface area is 104 Å². The number of rotatable bonds is 3. The first-order valence-electron chi connectivity index (χ1n) is 5.01. The van der Waals surface area contributed by atoms with Crippen molar-refractivity contribution in [3.63, 3.8) is 0 Å². The zero-order valence-corrected chi connectivity index (χ0v) is 9.83. The number of hydrogen-bond acceptors (Lipinski definition) is 3. The molecule has 0 fully saturated rings. The van der Waals surface area contributed by atoms with E-state index in [0.717, 1.165) is 11.3 Å². The van der Waals surface area contributed by atoms with Crippen LogP contribution in [0.15, 0.2) is 35.2 Å². The molecule has 17 heavy (non-hydrogen) atoms. The first kappa shape index (κ1) is 11.4. The second-order valence-electron chi connectivity index (χ2n) is 3.43. The number of amides is 1. The Balaban J connectivity index is 2.01. The summed E-state index contributed by atoms with van der Waals surface area (Å²) in [7, 11) is 0. The third-order valence-corrected chi connectivity index (χ3v) is 2.77. The maximum atomic E-state index is 11.7. The molecule has 2 aromatic rings. The summed E-state index contributed by atoms with van der Waals surface area (Å²) < 4.78 is 0. The van der Waals surface area contributed by atoms with Crippen LogP contribution in [0.1, 0.15) is 11.3 Å². The maximum Gasteiger partial charge on any atom is 0.230 e. The first-order valence-corrected chi connectivity index (χ1v) is 5.96. The van der Waals surface area contributed by atoms with Gasteiger partial charge in [-0.2, -0.15) is 0 Å². The Morgan fingerprint density at radius 3 is 3.12 bits per heavy atom. The van der Waals surface area contributed by atoms with E-state index in [1.807, 2.05) is 17.5 Å². The van der Waals surface area contributed by atoms with Crippen molar-refractivity contribution in [3.8, 4) is 12.3 Å². The molecule has 1 aromatic heterocycles. The Bertz CT molecular complexity index is 555. The van der Waals surface area contributed by atoms with Crippen LogP contribution >= 0.6 is 11.3 Å². The van der Waals surface area contributed by atoms with E-state index >= 15 is 0 Å². The molecule has 1 heterocycles. The van der Waals surface area contributed by atoms with Gasteiger partial charge in [-0.05, 0) is 18.2 Å². The van der Waals surface area contributed by atoms with Crippen LogP contribution in [-0.2, 0) is 11.2 Å². The molecule has 0 aliphatic rings. The fourth-order valence-electron chi connectivity index (χ4n) is 1.38. The Morgan fingerprint density at radius 2 is 2.41 bits per heavy atom. The van der Waals surface area contributed by atoms with Crippen molar-refractivity contribution < 1.29 is 4.79 Å². The normalized spacial score (nSPS) is 9.59. The van der Waals surface area contributed by atoms with Gasteiger partial charge in [0.25, 0.3) is 0 Å². The highest BCUT2D eigenvalue weighted by Gasteiger charge is 2.05. The number of anilines is 1. The number of aromatic nitrogens is 1. The highest BCUT2D eigenvalue weighted by molar-refractivity contribution is 7.07. The van der Waals surface area contributed by atoms with Gasteiger partial charge >= 0.3 is 0 Å². The highest BCUT2D eigenvalue weighted by Crippen LogP contribution is 2.10. The maximum absolute atomic E-state index is 11.7. The van der Waals surface area contributed by atoms with Crippen LogP contribution in [0.4, 0.5) is 5.69 Å². The van der Waals surface area contributed by atoms with E-state index in [1.54, 1.807) is 17.6 Å². The van der Waals surface area contributed by atoms with Gasteiger partial charge in [0, 0.05) is 16.6 Å². The smallest absolute Gasteiger partial charge is 0.230 e. The number of thiazole rings is 1. The number of terminal acetylenes is 1. The number of nitrogens with zero attached hydrogens (tertiary/aromatic N) is 1. The molecule has 2 rings (SSSR count). The average Bonchev–Trinajstić information content (AvgIpc) is 2.82. The molecule has 0 radical (unpaired) electrons. The molecule has 0 bridgehead atoms. The summed E-state index contributed by atoms with van der Waals surface area (Å²) in [5, 5.41) is 4.64. The van der Waals surface area contributed by atoms with Crippen LogP contribution in [0.2, 0.25) is 0 Å². The fourth-order valence-corrected chi connectivity index (χ4v) is 1.94. The lowest BCUT2D eigenvalue weighted by atomic mass is 10.2. The minimum atomic E-state index is -0.0925. The van der Waals surface area contributed by atoms with Crippen molar-refractivity contribution in [2.45, 2.75) is 6.42 Å². The second kappa shape index (κ2) is 5.28. The monoisotopic (exact) mass is 242 g/mol. The molecule has 84 valence electrons. The van der Waals surface area contributed by atoms with Gasteiger partial charge in [0.1, 0.15) is 0 Å². The van der Waals surface area contributed by atoms with Crippen molar-refractivity contribution in [2.75, 3.05) is 5.32 Å². The van der Waals surface area contributed by atoms with E-state index in [9.17, 15) is 4.79 Å². The third kappa shape index (κ3) is 3.16. The molecule has 0 saturated carbocycles. The summed E-state index contributed by atoms with van der Waals surface area (Å²) in [5.74, 6) is 2.43. The van der Waals surface area contributed by atoms with E-state index in [4.69, 9.17) is 6.42 Å². The van der Waals surface area contributed by atoms with Crippen molar-refractivity contribution in [2.24, 2.45) is 0 Å². The van der Waals surface area contributed by atoms with Crippen LogP contribution in [-0.4, -0.2) is 10.9 Å². The molecule has 0 saturated heterocycles. The zero-order chi connectivity index (χ0) is 12.1. The van der Waals surface area contributed by atoms with Crippen LogP contribution in [0.5, 0.6) is 0 Å². The third-order valence-electron chi connectivity index (χ3n) is 2.14. The molecule has 1 N–H and O–H groups in total. The Morgan fingerprint density at radius 1 is 1.53 bits per heavy atom. The van der Waals surface area contributed by atoms with Crippen molar-refractivity contribution >= 4 is 22.9 Å². The first-order chi connectivity index (χ1) is 8.28. The van der Waals surface area contributed by atoms with Crippen LogP contribution in [0, 0.1) is 12.3 Å². The predicted molar refractivity (Wildman–Crippen MR) is 68.8 cm³/mol. The Hall–Kier alpha value is -2.12. The van der Waals surface area contributed by atoms with E-state index in [2.05, 4.69) is 16.2 Å². The lowest BCUT2D eigenvalue weighted by Crippen LogP contribution is -2.14. The van der Waals surface area contributed by atoms with Gasteiger partial charge in [-0.15, -0.1) is 17.8 Å². The largest absolute Gasteiger partial charge is 0.326 e. The van der Waals surface area contributed by atoms with Gasteiger partial charge in [-0.3, -0.25) is 4.79 Å². The Kier molecular flexibility index (Phi) is 3.53. The van der Waals surface area contributed by atoms with Crippen LogP contribution in [0.25, 0.3) is 0 Å². The molecule has 1 amide bonds. The molecule has 4 heteroatoms. The van der Waals surface area contributed by atoms with Crippen LogP contribution in [0.3, 0.4) is 0 Å². The van der Waals surface area contributed by atoms with E-state index in [0.29, 0.717) is 5.69 Å². The van der Waals surface area contributed by atoms with Crippen molar-refractivity contribution in [3.05, 3.63) is 46.4 Å². The molecule has 0 atom stereocenters. The van der Waals surface area contributed by atoms with Gasteiger partial charge in [0.2, 0.25) is 5.91 Å². The van der Waals surface area contributed by atoms with Crippen LogP contribution < -0.4 is 5.32 Å². The minimum Gasteiger partial charge on any atom is -0.326 e. The summed E-state index contributed by atoms with van der Waals surface area (Å²) in [6, 6.07) is 7.20. The van der Waals surface area contributed by atoms with Crippen molar-refractivity contribution in [1.29, 1.82) is 0 Å².